The average Bonchev–Trinajstić information content (AvgIpc) is 2.45. The van der Waals surface area contributed by atoms with Crippen molar-refractivity contribution in [1.82, 2.24) is 4.31 Å². The number of benzene rings is 1. The highest BCUT2D eigenvalue weighted by Crippen LogP contribution is 2.22. The molecule has 1 unspecified atom stereocenters. The van der Waals surface area contributed by atoms with Gasteiger partial charge >= 0.3 is 0 Å². The molecule has 0 N–H and O–H groups in total. The summed E-state index contributed by atoms with van der Waals surface area (Å²) >= 11 is 5.90. The Morgan fingerprint density at radius 1 is 1.35 bits per heavy atom. The van der Waals surface area contributed by atoms with Crippen LogP contribution in [-0.2, 0) is 27.1 Å². The van der Waals surface area contributed by atoms with Crippen LogP contribution in [0.25, 0.3) is 0 Å². The molecule has 0 amide bonds. The second-order valence-electron chi connectivity index (χ2n) is 4.74. The number of rotatable bonds is 7. The Morgan fingerprint density at radius 3 is 2.50 bits per heavy atom. The van der Waals surface area contributed by atoms with Crippen LogP contribution in [0.2, 0.25) is 0 Å². The molecule has 1 atom stereocenters. The summed E-state index contributed by atoms with van der Waals surface area (Å²) in [5.41, 5.74) is 1.94. The summed E-state index contributed by atoms with van der Waals surface area (Å²) in [4.78, 5) is 0.274. The van der Waals surface area contributed by atoms with Crippen LogP contribution in [-0.4, -0.2) is 39.5 Å². The van der Waals surface area contributed by atoms with E-state index < -0.39 is 10.0 Å². The number of likely N-dealkylation sites (N-methyl/N-ethyl adjacent to an activating group) is 1. The van der Waals surface area contributed by atoms with Gasteiger partial charge in [-0.2, -0.15) is 4.31 Å². The van der Waals surface area contributed by atoms with Gasteiger partial charge in [0, 0.05) is 26.1 Å². The van der Waals surface area contributed by atoms with Gasteiger partial charge in [-0.1, -0.05) is 13.0 Å². The molecule has 0 aromatic heterocycles. The Labute approximate surface area is 126 Å². The molecule has 0 fully saturated rings. The van der Waals surface area contributed by atoms with E-state index in [1.807, 2.05) is 19.9 Å². The third kappa shape index (κ3) is 3.73. The molecule has 0 aliphatic heterocycles. The summed E-state index contributed by atoms with van der Waals surface area (Å²) < 4.78 is 31.4. The normalized spacial score (nSPS) is 13.7. The SMILES string of the molecule is CCc1ccc(S(=O)(=O)N(C)C(C)COC)cc1CCl. The molecular formula is C14H22ClNO3S. The van der Waals surface area contributed by atoms with Crippen molar-refractivity contribution in [2.24, 2.45) is 0 Å². The summed E-state index contributed by atoms with van der Waals surface area (Å²) in [5.74, 6) is 0.309. The lowest BCUT2D eigenvalue weighted by atomic mass is 10.1. The molecule has 0 aliphatic carbocycles. The number of halogens is 1. The summed E-state index contributed by atoms with van der Waals surface area (Å²) in [6.45, 7) is 4.18. The monoisotopic (exact) mass is 319 g/mol. The lowest BCUT2D eigenvalue weighted by molar-refractivity contribution is 0.149. The maximum atomic E-state index is 12.5. The Morgan fingerprint density at radius 2 is 2.00 bits per heavy atom. The van der Waals surface area contributed by atoms with Crippen molar-refractivity contribution in [3.8, 4) is 0 Å². The van der Waals surface area contributed by atoms with Crippen LogP contribution in [0, 0.1) is 0 Å². The minimum Gasteiger partial charge on any atom is -0.383 e. The highest BCUT2D eigenvalue weighted by Gasteiger charge is 2.25. The van der Waals surface area contributed by atoms with Gasteiger partial charge in [0.05, 0.1) is 11.5 Å². The number of ether oxygens (including phenoxy) is 1. The molecule has 0 bridgehead atoms. The van der Waals surface area contributed by atoms with Crippen LogP contribution in [0.4, 0.5) is 0 Å². The molecule has 0 aliphatic rings. The van der Waals surface area contributed by atoms with E-state index in [0.29, 0.717) is 12.5 Å². The van der Waals surface area contributed by atoms with Crippen LogP contribution < -0.4 is 0 Å². The van der Waals surface area contributed by atoms with Crippen molar-refractivity contribution in [2.75, 3.05) is 20.8 Å². The van der Waals surface area contributed by atoms with Gasteiger partial charge < -0.3 is 4.74 Å². The summed E-state index contributed by atoms with van der Waals surface area (Å²) in [6, 6.07) is 4.91. The van der Waals surface area contributed by atoms with Crippen molar-refractivity contribution in [1.29, 1.82) is 0 Å². The lowest BCUT2D eigenvalue weighted by Crippen LogP contribution is -2.37. The zero-order chi connectivity index (χ0) is 15.3. The van der Waals surface area contributed by atoms with Crippen LogP contribution >= 0.6 is 11.6 Å². The smallest absolute Gasteiger partial charge is 0.243 e. The lowest BCUT2D eigenvalue weighted by Gasteiger charge is -2.24. The van der Waals surface area contributed by atoms with Crippen molar-refractivity contribution in [2.45, 2.75) is 37.1 Å². The average molecular weight is 320 g/mol. The number of alkyl halides is 1. The van der Waals surface area contributed by atoms with Gasteiger partial charge in [0.25, 0.3) is 0 Å². The molecule has 4 nitrogen and oxygen atoms in total. The molecule has 6 heteroatoms. The molecule has 114 valence electrons. The van der Waals surface area contributed by atoms with E-state index >= 15 is 0 Å². The molecule has 1 aromatic carbocycles. The van der Waals surface area contributed by atoms with Gasteiger partial charge in [0.2, 0.25) is 10.0 Å². The number of aryl methyl sites for hydroxylation is 1. The molecule has 1 aromatic rings. The topological polar surface area (TPSA) is 46.6 Å². The van der Waals surface area contributed by atoms with Crippen LogP contribution in [0.3, 0.4) is 0 Å². The van der Waals surface area contributed by atoms with E-state index in [0.717, 1.165) is 17.5 Å². The van der Waals surface area contributed by atoms with E-state index in [2.05, 4.69) is 0 Å². The highest BCUT2D eigenvalue weighted by atomic mass is 35.5. The standard InChI is InChI=1S/C14H22ClNO3S/c1-5-12-6-7-14(8-13(12)9-15)20(17,18)16(3)11(2)10-19-4/h6-8,11H,5,9-10H2,1-4H3. The third-order valence-electron chi connectivity index (χ3n) is 3.41. The second-order valence-corrected chi connectivity index (χ2v) is 7.01. The summed E-state index contributed by atoms with van der Waals surface area (Å²) in [7, 11) is -0.407. The molecule has 1 rings (SSSR count). The quantitative estimate of drug-likeness (QED) is 0.726. The van der Waals surface area contributed by atoms with Gasteiger partial charge in [-0.05, 0) is 36.6 Å². The highest BCUT2D eigenvalue weighted by molar-refractivity contribution is 7.89. The fourth-order valence-corrected chi connectivity index (χ4v) is 3.63. The van der Waals surface area contributed by atoms with E-state index in [4.69, 9.17) is 16.3 Å². The van der Waals surface area contributed by atoms with E-state index in [-0.39, 0.29) is 10.9 Å². The Balaban J connectivity index is 3.15. The molecule has 0 spiro atoms. The first kappa shape index (κ1) is 17.4. The van der Waals surface area contributed by atoms with Crippen LogP contribution in [0.5, 0.6) is 0 Å². The predicted molar refractivity (Wildman–Crippen MR) is 81.7 cm³/mol. The molecule has 0 saturated heterocycles. The molecule has 0 saturated carbocycles. The van der Waals surface area contributed by atoms with E-state index in [1.54, 1.807) is 26.3 Å². The van der Waals surface area contributed by atoms with Gasteiger partial charge in [0.1, 0.15) is 0 Å². The third-order valence-corrected chi connectivity index (χ3v) is 5.66. The Kier molecular flexibility index (Phi) is 6.45. The maximum Gasteiger partial charge on any atom is 0.243 e. The largest absolute Gasteiger partial charge is 0.383 e. The van der Waals surface area contributed by atoms with Gasteiger partial charge in [-0.25, -0.2) is 8.42 Å². The number of nitrogens with zero attached hydrogens (tertiary/aromatic N) is 1. The fourth-order valence-electron chi connectivity index (χ4n) is 1.98. The van der Waals surface area contributed by atoms with Crippen molar-refractivity contribution in [3.05, 3.63) is 29.3 Å². The van der Waals surface area contributed by atoms with Crippen molar-refractivity contribution >= 4 is 21.6 Å². The predicted octanol–water partition coefficient (Wildman–Crippen LogP) is 2.64. The Bertz CT molecular complexity index is 545. The summed E-state index contributed by atoms with van der Waals surface area (Å²) in [6.07, 6.45) is 0.832. The maximum absolute atomic E-state index is 12.5. The number of hydrogen-bond acceptors (Lipinski definition) is 3. The fraction of sp³-hybridized carbons (Fsp3) is 0.571. The number of sulfonamides is 1. The molecule has 20 heavy (non-hydrogen) atoms. The minimum atomic E-state index is -3.52. The first-order chi connectivity index (χ1) is 9.38. The first-order valence-corrected chi connectivity index (χ1v) is 8.50. The Hall–Kier alpha value is -0.620. The second kappa shape index (κ2) is 7.41. The van der Waals surface area contributed by atoms with E-state index in [9.17, 15) is 8.42 Å². The van der Waals surface area contributed by atoms with Gasteiger partial charge in [0.15, 0.2) is 0 Å². The van der Waals surface area contributed by atoms with Gasteiger partial charge in [-0.15, -0.1) is 11.6 Å². The van der Waals surface area contributed by atoms with Gasteiger partial charge in [-0.3, -0.25) is 0 Å². The number of hydrogen-bond donors (Lipinski definition) is 0. The first-order valence-electron chi connectivity index (χ1n) is 6.53. The molecule has 0 radical (unpaired) electrons. The molecule has 0 heterocycles. The number of methoxy groups -OCH3 is 1. The zero-order valence-corrected chi connectivity index (χ0v) is 14.0. The van der Waals surface area contributed by atoms with Crippen LogP contribution in [0.15, 0.2) is 23.1 Å². The zero-order valence-electron chi connectivity index (χ0n) is 12.4. The summed E-state index contributed by atoms with van der Waals surface area (Å²) in [5, 5.41) is 0. The van der Waals surface area contributed by atoms with Crippen LogP contribution in [0.1, 0.15) is 25.0 Å². The minimum absolute atomic E-state index is 0.227. The van der Waals surface area contributed by atoms with E-state index in [1.165, 1.54) is 4.31 Å². The van der Waals surface area contributed by atoms with Crippen molar-refractivity contribution in [3.63, 3.8) is 0 Å². The molecular weight excluding hydrogens is 298 g/mol. The van der Waals surface area contributed by atoms with Crippen molar-refractivity contribution < 1.29 is 13.2 Å².